The van der Waals surface area contributed by atoms with Crippen LogP contribution in [0, 0.1) is 29.7 Å². The lowest BCUT2D eigenvalue weighted by molar-refractivity contribution is 0.568. The molecule has 1 aliphatic heterocycles. The van der Waals surface area contributed by atoms with Gasteiger partial charge < -0.3 is 4.85 Å². The van der Waals surface area contributed by atoms with Gasteiger partial charge in [-0.05, 0) is 103 Å². The highest BCUT2D eigenvalue weighted by Gasteiger charge is 2.30. The molecule has 8 nitrogen and oxygen atoms in total. The van der Waals surface area contributed by atoms with Crippen molar-refractivity contribution in [1.29, 1.82) is 5.26 Å². The molecule has 1 aromatic carbocycles. The third kappa shape index (κ3) is 5.77. The number of benzene rings is 1. The summed E-state index contributed by atoms with van der Waals surface area (Å²) < 4.78 is 3.45. The molecule has 0 fully saturated rings. The number of hydrogen-bond donors (Lipinski definition) is 0. The summed E-state index contributed by atoms with van der Waals surface area (Å²) in [5, 5.41) is 19.7. The Morgan fingerprint density at radius 1 is 0.778 bits per heavy atom. The van der Waals surface area contributed by atoms with Gasteiger partial charge in [0, 0.05) is 22.7 Å². The molecular formula is C37H38N8. The van der Waals surface area contributed by atoms with Crippen molar-refractivity contribution in [2.24, 2.45) is 11.8 Å². The van der Waals surface area contributed by atoms with Gasteiger partial charge in [0.1, 0.15) is 6.07 Å². The van der Waals surface area contributed by atoms with Crippen LogP contribution in [-0.4, -0.2) is 29.5 Å². The Bertz CT molecular complexity index is 1840. The van der Waals surface area contributed by atoms with E-state index in [0.29, 0.717) is 40.3 Å². The predicted octanol–water partition coefficient (Wildman–Crippen LogP) is 8.42. The van der Waals surface area contributed by atoms with Gasteiger partial charge in [-0.25, -0.2) is 14.6 Å². The Morgan fingerprint density at radius 3 is 1.80 bits per heavy atom. The molecule has 8 bridgehead atoms. The van der Waals surface area contributed by atoms with Gasteiger partial charge in [-0.2, -0.15) is 10.4 Å². The van der Waals surface area contributed by atoms with Crippen molar-refractivity contribution in [2.75, 3.05) is 0 Å². The zero-order valence-corrected chi connectivity index (χ0v) is 26.8. The molecule has 0 amide bonds. The van der Waals surface area contributed by atoms with Crippen molar-refractivity contribution >= 4 is 5.82 Å². The van der Waals surface area contributed by atoms with Crippen LogP contribution >= 0.6 is 0 Å². The molecule has 5 heterocycles. The van der Waals surface area contributed by atoms with E-state index in [2.05, 4.69) is 76.7 Å². The zero-order valence-electron chi connectivity index (χ0n) is 26.8. The topological polar surface area (TPSA) is 89.6 Å². The molecule has 0 radical (unpaired) electrons. The molecule has 0 saturated heterocycles. The summed E-state index contributed by atoms with van der Waals surface area (Å²) >= 11 is 0. The van der Waals surface area contributed by atoms with Crippen LogP contribution in [0.3, 0.4) is 0 Å². The predicted molar refractivity (Wildman–Crippen MR) is 177 cm³/mol. The van der Waals surface area contributed by atoms with E-state index in [4.69, 9.17) is 26.7 Å². The van der Waals surface area contributed by atoms with E-state index >= 15 is 0 Å². The third-order valence-electron chi connectivity index (χ3n) is 8.64. The largest absolute Gasteiger partial charge is 0.358 e. The maximum Gasteiger partial charge on any atom is 0.303 e. The molecule has 5 aromatic rings. The van der Waals surface area contributed by atoms with E-state index in [1.165, 1.54) is 11.1 Å². The molecule has 6 rings (SSSR count). The minimum atomic E-state index is -0.568. The van der Waals surface area contributed by atoms with Gasteiger partial charge in [0.25, 0.3) is 0 Å². The van der Waals surface area contributed by atoms with Crippen LogP contribution < -0.4 is 0 Å². The maximum absolute atomic E-state index is 10.2. The quantitative estimate of drug-likeness (QED) is 0.184. The molecule has 0 N–H and O–H groups in total. The first-order chi connectivity index (χ1) is 21.6. The van der Waals surface area contributed by atoms with E-state index in [1.807, 2.05) is 36.7 Å². The number of aromatic nitrogens is 6. The molecule has 0 atom stereocenters. The molecule has 1 aliphatic rings. The number of rotatable bonds is 6. The molecule has 4 aromatic heterocycles. The van der Waals surface area contributed by atoms with E-state index in [9.17, 15) is 5.26 Å². The van der Waals surface area contributed by atoms with Gasteiger partial charge >= 0.3 is 5.82 Å². The van der Waals surface area contributed by atoms with Gasteiger partial charge in [-0.3, -0.25) is 0 Å². The lowest BCUT2D eigenvalue weighted by Gasteiger charge is -2.26. The fraction of sp³-hybridized carbons (Fsp3) is 0.351. The highest BCUT2D eigenvalue weighted by Crippen LogP contribution is 2.40. The van der Waals surface area contributed by atoms with Crippen molar-refractivity contribution in [3.63, 3.8) is 0 Å². The number of nitrogens with zero attached hydrogens (tertiary/aromatic N) is 8. The Morgan fingerprint density at radius 2 is 1.29 bits per heavy atom. The number of nitriles is 1. The number of aryl methyl sites for hydroxylation is 2. The van der Waals surface area contributed by atoms with Crippen LogP contribution in [0.25, 0.3) is 38.7 Å². The summed E-state index contributed by atoms with van der Waals surface area (Å²) in [5.74, 6) is 2.72. The van der Waals surface area contributed by atoms with Crippen LogP contribution in [0.1, 0.15) is 82.6 Å². The minimum absolute atomic E-state index is 0.275. The first kappa shape index (κ1) is 30.0. The van der Waals surface area contributed by atoms with Gasteiger partial charge in [0.2, 0.25) is 0 Å². The van der Waals surface area contributed by atoms with Gasteiger partial charge in [-0.1, -0.05) is 58.5 Å². The van der Waals surface area contributed by atoms with Crippen molar-refractivity contribution in [3.8, 4) is 40.0 Å². The number of fused-ring (bicyclic) bond motifs is 13. The maximum atomic E-state index is 10.2. The Labute approximate surface area is 265 Å². The van der Waals surface area contributed by atoms with Gasteiger partial charge in [0.15, 0.2) is 17.3 Å². The van der Waals surface area contributed by atoms with Crippen molar-refractivity contribution in [2.45, 2.75) is 72.6 Å². The summed E-state index contributed by atoms with van der Waals surface area (Å²) in [7, 11) is 0. The van der Waals surface area contributed by atoms with E-state index in [0.717, 1.165) is 48.2 Å². The summed E-state index contributed by atoms with van der Waals surface area (Å²) in [6.07, 6.45) is 7.67. The molecule has 8 heteroatoms. The van der Waals surface area contributed by atoms with E-state index < -0.39 is 5.41 Å². The third-order valence-corrected chi connectivity index (χ3v) is 8.64. The number of hydrogen-bond acceptors (Lipinski definition) is 5. The van der Waals surface area contributed by atoms with Crippen molar-refractivity contribution in [3.05, 3.63) is 101 Å². The molecule has 0 unspecified atom stereocenters. The fourth-order valence-electron chi connectivity index (χ4n) is 5.83. The molecule has 0 aliphatic carbocycles. The lowest BCUT2D eigenvalue weighted by Crippen LogP contribution is -2.24. The van der Waals surface area contributed by atoms with Gasteiger partial charge in [0.05, 0.1) is 17.6 Å². The summed E-state index contributed by atoms with van der Waals surface area (Å²) in [6, 6.07) is 18.7. The highest BCUT2D eigenvalue weighted by atomic mass is 15.3. The second-order valence-corrected chi connectivity index (χ2v) is 13.3. The van der Waals surface area contributed by atoms with Crippen molar-refractivity contribution < 1.29 is 0 Å². The number of pyridine rings is 2. The molecular weight excluding hydrogens is 556 g/mol. The second-order valence-electron chi connectivity index (χ2n) is 13.3. The molecule has 0 saturated carbocycles. The summed E-state index contributed by atoms with van der Waals surface area (Å²) in [5.41, 5.74) is 6.80. The van der Waals surface area contributed by atoms with Crippen LogP contribution in [0.15, 0.2) is 60.9 Å². The minimum Gasteiger partial charge on any atom is -0.358 e. The van der Waals surface area contributed by atoms with Crippen LogP contribution in [0.5, 0.6) is 0 Å². The van der Waals surface area contributed by atoms with E-state index in [-0.39, 0.29) is 5.82 Å². The monoisotopic (exact) mass is 594 g/mol. The Hall–Kier alpha value is -5.08. The second kappa shape index (κ2) is 11.8. The standard InChI is InChI=1S/C37H38N8/c1-23(2)12-14-25-16-32-37(5,6)33-17-26(15-13-24(3)4)19-35(41-33)45-22-30(36(39-7)43-45)28-11-9-8-10-27(28)29-21-44(34(18-25)40-32)42-31(29)20-38/h8-11,16-19,21-24H,12-15H2,1-6H3. The van der Waals surface area contributed by atoms with Crippen molar-refractivity contribution in [1.82, 2.24) is 29.5 Å². The molecule has 45 heavy (non-hydrogen) atoms. The smallest absolute Gasteiger partial charge is 0.303 e. The average molecular weight is 595 g/mol. The zero-order chi connectivity index (χ0) is 31.9. The fourth-order valence-corrected chi connectivity index (χ4v) is 5.83. The summed E-state index contributed by atoms with van der Waals surface area (Å²) in [4.78, 5) is 14.2. The van der Waals surface area contributed by atoms with Crippen LogP contribution in [0.2, 0.25) is 0 Å². The van der Waals surface area contributed by atoms with Crippen LogP contribution in [0.4, 0.5) is 5.82 Å². The molecule has 0 spiro atoms. The SMILES string of the molecule is [C-]#[N+]c1nn2cc1-c1ccccc1-c1cn(nc1C#N)-c1cc(CCC(C)C)cc(n1)C(C)(C)c1cc(CCC(C)C)cc-2n1. The van der Waals surface area contributed by atoms with Crippen LogP contribution in [-0.2, 0) is 18.3 Å². The first-order valence-corrected chi connectivity index (χ1v) is 15.7. The Balaban J connectivity index is 1.68. The highest BCUT2D eigenvalue weighted by molar-refractivity contribution is 5.89. The van der Waals surface area contributed by atoms with E-state index in [1.54, 1.807) is 9.36 Å². The first-order valence-electron chi connectivity index (χ1n) is 15.7. The average Bonchev–Trinajstić information content (AvgIpc) is 3.67. The Kier molecular flexibility index (Phi) is 7.85. The normalized spacial score (nSPS) is 13.1. The summed E-state index contributed by atoms with van der Waals surface area (Å²) in [6.45, 7) is 21.3. The van der Waals surface area contributed by atoms with Gasteiger partial charge in [-0.15, -0.1) is 4.68 Å². The molecule has 226 valence electrons. The lowest BCUT2D eigenvalue weighted by atomic mass is 9.82.